The number of carbonyl (C=O) groups is 2. The standard InChI is InChI=1S/C34H39FN4O4/c1-3-42-29-21-23-13-15-39-32(26(23)22-30(29)43-4-2)31(24-9-5-6-10-25(24)34(39)41)33(40)36-14-16-37-17-19-38(20-18-37)28-12-8-7-11-27(28)35/h5-12,21-22,31-32H,3-4,13-20H2,1-2H3,(H,36,40)/t31-,32-/m0/s1. The molecule has 9 heteroatoms. The number of nitrogens with zero attached hydrogens (tertiary/aromatic N) is 3. The van der Waals surface area contributed by atoms with Crippen molar-refractivity contribution in [1.29, 1.82) is 0 Å². The smallest absolute Gasteiger partial charge is 0.254 e. The quantitative estimate of drug-likeness (QED) is 0.401. The maximum Gasteiger partial charge on any atom is 0.254 e. The van der Waals surface area contributed by atoms with E-state index in [0.717, 1.165) is 42.9 Å². The summed E-state index contributed by atoms with van der Waals surface area (Å²) in [6, 6.07) is 17.9. The molecular formula is C34H39FN4O4. The van der Waals surface area contributed by atoms with E-state index in [1.165, 1.54) is 6.07 Å². The molecule has 6 rings (SSSR count). The fraction of sp³-hybridized carbons (Fsp3) is 0.412. The van der Waals surface area contributed by atoms with E-state index in [0.29, 0.717) is 62.0 Å². The highest BCUT2D eigenvalue weighted by Crippen LogP contribution is 2.48. The summed E-state index contributed by atoms with van der Waals surface area (Å²) >= 11 is 0. The van der Waals surface area contributed by atoms with Crippen LogP contribution >= 0.6 is 0 Å². The fourth-order valence-electron chi connectivity index (χ4n) is 6.72. The summed E-state index contributed by atoms with van der Waals surface area (Å²) in [6.07, 6.45) is 0.680. The van der Waals surface area contributed by atoms with Crippen molar-refractivity contribution in [3.63, 3.8) is 0 Å². The highest BCUT2D eigenvalue weighted by molar-refractivity contribution is 6.01. The first kappa shape index (κ1) is 29.0. The van der Waals surface area contributed by atoms with Crippen molar-refractivity contribution in [2.24, 2.45) is 0 Å². The van der Waals surface area contributed by atoms with Gasteiger partial charge in [-0.1, -0.05) is 30.3 Å². The van der Waals surface area contributed by atoms with Crippen molar-refractivity contribution in [2.45, 2.75) is 32.2 Å². The number of halogens is 1. The molecule has 0 bridgehead atoms. The number of carbonyl (C=O) groups excluding carboxylic acids is 2. The van der Waals surface area contributed by atoms with Crippen LogP contribution in [0.3, 0.4) is 0 Å². The first-order valence-corrected chi connectivity index (χ1v) is 15.3. The Bertz CT molecular complexity index is 1490. The van der Waals surface area contributed by atoms with Crippen LogP contribution in [-0.2, 0) is 11.2 Å². The second-order valence-corrected chi connectivity index (χ2v) is 11.2. The van der Waals surface area contributed by atoms with Gasteiger partial charge in [-0.05, 0) is 67.3 Å². The molecule has 1 N–H and O–H groups in total. The third-order valence-electron chi connectivity index (χ3n) is 8.76. The largest absolute Gasteiger partial charge is 0.490 e. The summed E-state index contributed by atoms with van der Waals surface area (Å²) < 4.78 is 26.1. The Morgan fingerprint density at radius 3 is 2.35 bits per heavy atom. The van der Waals surface area contributed by atoms with Crippen LogP contribution in [0.25, 0.3) is 0 Å². The Hall–Kier alpha value is -4.11. The number of nitrogens with one attached hydrogen (secondary N) is 1. The highest BCUT2D eigenvalue weighted by atomic mass is 19.1. The van der Waals surface area contributed by atoms with Crippen LogP contribution in [0.15, 0.2) is 60.7 Å². The number of piperazine rings is 1. The SMILES string of the molecule is CCOc1cc2c(cc1OCC)[C@H]1[C@@H](C(=O)NCCN3CCN(c4ccccc4F)CC3)c3ccccc3C(=O)N1CC2. The van der Waals surface area contributed by atoms with Crippen molar-refractivity contribution in [3.05, 3.63) is 88.7 Å². The van der Waals surface area contributed by atoms with Gasteiger partial charge in [0.1, 0.15) is 5.82 Å². The maximum atomic E-state index is 14.3. The molecule has 0 aromatic heterocycles. The van der Waals surface area contributed by atoms with Gasteiger partial charge in [-0.25, -0.2) is 4.39 Å². The van der Waals surface area contributed by atoms with Crippen molar-refractivity contribution in [3.8, 4) is 11.5 Å². The number of amides is 2. The summed E-state index contributed by atoms with van der Waals surface area (Å²) in [6.45, 7) is 9.61. The Labute approximate surface area is 252 Å². The number of fused-ring (bicyclic) bond motifs is 4. The molecule has 3 aromatic rings. The molecule has 3 aromatic carbocycles. The van der Waals surface area contributed by atoms with Crippen molar-refractivity contribution in [2.75, 3.05) is 63.9 Å². The molecular weight excluding hydrogens is 547 g/mol. The van der Waals surface area contributed by atoms with E-state index in [1.807, 2.05) is 67.3 Å². The van der Waals surface area contributed by atoms with Crippen molar-refractivity contribution < 1.29 is 23.5 Å². The van der Waals surface area contributed by atoms with E-state index in [4.69, 9.17) is 9.47 Å². The zero-order valence-corrected chi connectivity index (χ0v) is 24.9. The molecule has 0 saturated carbocycles. The van der Waals surface area contributed by atoms with Gasteiger partial charge in [0.2, 0.25) is 5.91 Å². The molecule has 43 heavy (non-hydrogen) atoms. The molecule has 3 aliphatic heterocycles. The molecule has 1 saturated heterocycles. The van der Waals surface area contributed by atoms with Crippen LogP contribution < -0.4 is 19.7 Å². The van der Waals surface area contributed by atoms with Crippen LogP contribution in [0.4, 0.5) is 10.1 Å². The summed E-state index contributed by atoms with van der Waals surface area (Å²) in [5, 5.41) is 3.19. The first-order valence-electron chi connectivity index (χ1n) is 15.3. The molecule has 0 spiro atoms. The van der Waals surface area contributed by atoms with Crippen LogP contribution in [0.2, 0.25) is 0 Å². The van der Waals surface area contributed by atoms with Gasteiger partial charge in [-0.3, -0.25) is 14.5 Å². The molecule has 8 nitrogen and oxygen atoms in total. The maximum absolute atomic E-state index is 14.3. The van der Waals surface area contributed by atoms with E-state index >= 15 is 0 Å². The predicted octanol–water partition coefficient (Wildman–Crippen LogP) is 4.40. The number of benzene rings is 3. The lowest BCUT2D eigenvalue weighted by molar-refractivity contribution is -0.124. The zero-order chi connectivity index (χ0) is 29.9. The zero-order valence-electron chi connectivity index (χ0n) is 24.9. The summed E-state index contributed by atoms with van der Waals surface area (Å²) in [7, 11) is 0. The highest BCUT2D eigenvalue weighted by Gasteiger charge is 2.46. The minimum Gasteiger partial charge on any atom is -0.490 e. The number of para-hydroxylation sites is 1. The summed E-state index contributed by atoms with van der Waals surface area (Å²) in [5.41, 5.74) is 3.99. The monoisotopic (exact) mass is 586 g/mol. The van der Waals surface area contributed by atoms with E-state index in [2.05, 4.69) is 15.1 Å². The van der Waals surface area contributed by atoms with E-state index < -0.39 is 12.0 Å². The van der Waals surface area contributed by atoms with Gasteiger partial charge in [-0.2, -0.15) is 0 Å². The number of hydrogen-bond acceptors (Lipinski definition) is 6. The van der Waals surface area contributed by atoms with Gasteiger partial charge >= 0.3 is 0 Å². The summed E-state index contributed by atoms with van der Waals surface area (Å²) in [4.78, 5) is 34.0. The minimum absolute atomic E-state index is 0.0464. The molecule has 3 aliphatic rings. The van der Waals surface area contributed by atoms with Crippen molar-refractivity contribution in [1.82, 2.24) is 15.1 Å². The second-order valence-electron chi connectivity index (χ2n) is 11.2. The molecule has 1 fully saturated rings. The van der Waals surface area contributed by atoms with E-state index in [-0.39, 0.29) is 17.6 Å². The molecule has 226 valence electrons. The normalized spacial score (nSPS) is 19.7. The average Bonchev–Trinajstić information content (AvgIpc) is 3.02. The van der Waals surface area contributed by atoms with Crippen LogP contribution in [0, 0.1) is 5.82 Å². The van der Waals surface area contributed by atoms with Gasteiger partial charge in [0.15, 0.2) is 11.5 Å². The van der Waals surface area contributed by atoms with Gasteiger partial charge in [-0.15, -0.1) is 0 Å². The fourth-order valence-corrected chi connectivity index (χ4v) is 6.72. The third kappa shape index (κ3) is 5.66. The lowest BCUT2D eigenvalue weighted by Gasteiger charge is -2.45. The van der Waals surface area contributed by atoms with Gasteiger partial charge in [0.05, 0.1) is 30.9 Å². The Morgan fingerprint density at radius 1 is 0.907 bits per heavy atom. The summed E-state index contributed by atoms with van der Waals surface area (Å²) in [5.74, 6) is 0.420. The van der Waals surface area contributed by atoms with Crippen molar-refractivity contribution >= 4 is 17.5 Å². The number of rotatable bonds is 9. The molecule has 0 aliphatic carbocycles. The Morgan fingerprint density at radius 2 is 1.60 bits per heavy atom. The van der Waals surface area contributed by atoms with Crippen LogP contribution in [0.5, 0.6) is 11.5 Å². The first-order chi connectivity index (χ1) is 21.0. The van der Waals surface area contributed by atoms with Gasteiger partial charge in [0, 0.05) is 51.4 Å². The Balaban J connectivity index is 1.20. The van der Waals surface area contributed by atoms with Crippen LogP contribution in [-0.4, -0.2) is 80.6 Å². The lowest BCUT2D eigenvalue weighted by atomic mass is 9.75. The molecule has 0 unspecified atom stereocenters. The number of ether oxygens (including phenoxy) is 2. The Kier molecular flexibility index (Phi) is 8.51. The average molecular weight is 587 g/mol. The molecule has 0 radical (unpaired) electrons. The number of hydrogen-bond donors (Lipinski definition) is 1. The minimum atomic E-state index is -0.557. The number of anilines is 1. The molecule has 3 heterocycles. The second kappa shape index (κ2) is 12.6. The van der Waals surface area contributed by atoms with E-state index in [1.54, 1.807) is 6.07 Å². The van der Waals surface area contributed by atoms with Gasteiger partial charge < -0.3 is 24.6 Å². The predicted molar refractivity (Wildman–Crippen MR) is 164 cm³/mol. The van der Waals surface area contributed by atoms with E-state index in [9.17, 15) is 14.0 Å². The lowest BCUT2D eigenvalue weighted by Crippen LogP contribution is -2.51. The van der Waals surface area contributed by atoms with Crippen LogP contribution in [0.1, 0.15) is 52.9 Å². The van der Waals surface area contributed by atoms with Gasteiger partial charge in [0.25, 0.3) is 5.91 Å². The third-order valence-corrected chi connectivity index (χ3v) is 8.76. The molecule has 2 amide bonds. The topological polar surface area (TPSA) is 74.4 Å². The molecule has 2 atom stereocenters.